The van der Waals surface area contributed by atoms with E-state index in [-0.39, 0.29) is 17.5 Å². The highest BCUT2D eigenvalue weighted by molar-refractivity contribution is 6.23. The molecule has 2 heterocycles. The average molecular weight is 262 g/mol. The van der Waals surface area contributed by atoms with Gasteiger partial charge in [-0.1, -0.05) is 13.8 Å². The molecule has 0 unspecified atom stereocenters. The van der Waals surface area contributed by atoms with Gasteiger partial charge in [-0.3, -0.25) is 19.5 Å². The summed E-state index contributed by atoms with van der Waals surface area (Å²) in [7, 11) is 0. The maximum Gasteiger partial charge on any atom is 0.263 e. The molecule has 0 aromatic carbocycles. The predicted molar refractivity (Wildman–Crippen MR) is 71.8 cm³/mol. The van der Waals surface area contributed by atoms with Gasteiger partial charge in [-0.15, -0.1) is 0 Å². The fraction of sp³-hybridized carbons (Fsp3) is 0.462. The number of hydrogen-bond acceptors (Lipinski definition) is 5. The number of carbonyl (C=O) groups excluding carboxylic acids is 2. The zero-order valence-corrected chi connectivity index (χ0v) is 11.2. The monoisotopic (exact) mass is 262 g/mol. The first-order valence-corrected chi connectivity index (χ1v) is 6.42. The molecule has 0 saturated carbocycles. The smallest absolute Gasteiger partial charge is 0.263 e. The Labute approximate surface area is 112 Å². The van der Waals surface area contributed by atoms with E-state index >= 15 is 0 Å². The number of fused-ring (bicyclic) bond motifs is 1. The van der Waals surface area contributed by atoms with E-state index in [1.165, 1.54) is 17.3 Å². The molecule has 1 aromatic heterocycles. The van der Waals surface area contributed by atoms with Gasteiger partial charge in [0.2, 0.25) is 0 Å². The number of nitrogen functional groups attached to an aromatic ring is 1. The zero-order valence-electron chi connectivity index (χ0n) is 11.2. The maximum absolute atomic E-state index is 12.2. The third-order valence-electron chi connectivity index (χ3n) is 3.44. The van der Waals surface area contributed by atoms with Crippen LogP contribution in [0.2, 0.25) is 0 Å². The van der Waals surface area contributed by atoms with Crippen molar-refractivity contribution in [2.75, 3.05) is 31.9 Å². The van der Waals surface area contributed by atoms with Crippen LogP contribution in [0.15, 0.2) is 12.4 Å². The van der Waals surface area contributed by atoms with Crippen LogP contribution in [0.25, 0.3) is 0 Å². The summed E-state index contributed by atoms with van der Waals surface area (Å²) in [4.78, 5) is 31.6. The van der Waals surface area contributed by atoms with Gasteiger partial charge in [-0.25, -0.2) is 0 Å². The van der Waals surface area contributed by atoms with Gasteiger partial charge in [0.1, 0.15) is 0 Å². The van der Waals surface area contributed by atoms with E-state index in [1.54, 1.807) is 0 Å². The predicted octanol–water partition coefficient (Wildman–Crippen LogP) is 0.602. The SMILES string of the molecule is CCN(CC)CCN1C(=O)c2cncc(N)c2C1=O. The van der Waals surface area contributed by atoms with Crippen LogP contribution in [0.4, 0.5) is 5.69 Å². The van der Waals surface area contributed by atoms with Gasteiger partial charge in [-0.2, -0.15) is 0 Å². The maximum atomic E-state index is 12.2. The highest BCUT2D eigenvalue weighted by Crippen LogP contribution is 2.26. The molecule has 1 aliphatic rings. The normalized spacial score (nSPS) is 14.4. The fourth-order valence-electron chi connectivity index (χ4n) is 2.23. The second kappa shape index (κ2) is 5.36. The molecule has 6 heteroatoms. The molecule has 0 bridgehead atoms. The van der Waals surface area contributed by atoms with E-state index in [9.17, 15) is 9.59 Å². The van der Waals surface area contributed by atoms with Gasteiger partial charge in [0.15, 0.2) is 0 Å². The minimum Gasteiger partial charge on any atom is -0.397 e. The second-order valence-corrected chi connectivity index (χ2v) is 4.44. The van der Waals surface area contributed by atoms with Crippen LogP contribution in [0.1, 0.15) is 34.6 Å². The number of pyridine rings is 1. The molecular weight excluding hydrogens is 244 g/mol. The number of rotatable bonds is 5. The Balaban J connectivity index is 2.16. The highest BCUT2D eigenvalue weighted by atomic mass is 16.2. The number of carbonyl (C=O) groups is 2. The molecule has 2 rings (SSSR count). The summed E-state index contributed by atoms with van der Waals surface area (Å²) in [5, 5.41) is 0. The number of aromatic nitrogens is 1. The molecule has 102 valence electrons. The number of nitrogens with two attached hydrogens (primary N) is 1. The molecule has 0 aliphatic carbocycles. The van der Waals surface area contributed by atoms with Crippen LogP contribution in [-0.4, -0.2) is 52.8 Å². The van der Waals surface area contributed by atoms with Crippen molar-refractivity contribution in [1.82, 2.24) is 14.8 Å². The quantitative estimate of drug-likeness (QED) is 0.786. The van der Waals surface area contributed by atoms with Crippen LogP contribution in [0.5, 0.6) is 0 Å². The minimum absolute atomic E-state index is 0.265. The van der Waals surface area contributed by atoms with Crippen molar-refractivity contribution in [3.05, 3.63) is 23.5 Å². The number of amides is 2. The van der Waals surface area contributed by atoms with Crippen LogP contribution in [-0.2, 0) is 0 Å². The number of anilines is 1. The van der Waals surface area contributed by atoms with Crippen molar-refractivity contribution in [3.8, 4) is 0 Å². The Kier molecular flexibility index (Phi) is 3.80. The van der Waals surface area contributed by atoms with Gasteiger partial charge in [0.05, 0.1) is 23.0 Å². The molecule has 0 atom stereocenters. The highest BCUT2D eigenvalue weighted by Gasteiger charge is 2.37. The van der Waals surface area contributed by atoms with Gasteiger partial charge in [-0.05, 0) is 13.1 Å². The molecule has 2 amide bonds. The van der Waals surface area contributed by atoms with Crippen LogP contribution < -0.4 is 5.73 Å². The third-order valence-corrected chi connectivity index (χ3v) is 3.44. The number of nitrogens with zero attached hydrogens (tertiary/aromatic N) is 3. The molecule has 1 aliphatic heterocycles. The molecule has 0 fully saturated rings. The van der Waals surface area contributed by atoms with Crippen molar-refractivity contribution in [2.45, 2.75) is 13.8 Å². The third kappa shape index (κ3) is 2.31. The van der Waals surface area contributed by atoms with Crippen molar-refractivity contribution >= 4 is 17.5 Å². The molecule has 1 aromatic rings. The Morgan fingerprint density at radius 3 is 2.47 bits per heavy atom. The molecular formula is C13H18N4O2. The lowest BCUT2D eigenvalue weighted by molar-refractivity contribution is 0.0638. The van der Waals surface area contributed by atoms with Crippen molar-refractivity contribution in [1.29, 1.82) is 0 Å². The summed E-state index contributed by atoms with van der Waals surface area (Å²) in [5.41, 5.74) is 6.59. The topological polar surface area (TPSA) is 79.5 Å². The fourth-order valence-corrected chi connectivity index (χ4v) is 2.23. The van der Waals surface area contributed by atoms with Crippen molar-refractivity contribution in [2.24, 2.45) is 0 Å². The van der Waals surface area contributed by atoms with Crippen LogP contribution in [0, 0.1) is 0 Å². The molecule has 0 spiro atoms. The number of likely N-dealkylation sites (N-methyl/N-ethyl adjacent to an activating group) is 1. The molecule has 0 radical (unpaired) electrons. The van der Waals surface area contributed by atoms with E-state index in [2.05, 4.69) is 9.88 Å². The average Bonchev–Trinajstić information content (AvgIpc) is 2.65. The first-order chi connectivity index (χ1) is 9.10. The van der Waals surface area contributed by atoms with E-state index in [0.29, 0.717) is 24.2 Å². The minimum atomic E-state index is -0.313. The summed E-state index contributed by atoms with van der Waals surface area (Å²) in [6.45, 7) is 6.94. The Hall–Kier alpha value is -1.95. The van der Waals surface area contributed by atoms with Gasteiger partial charge in [0.25, 0.3) is 11.8 Å². The lowest BCUT2D eigenvalue weighted by Gasteiger charge is -2.21. The molecule has 2 N–H and O–H groups in total. The lowest BCUT2D eigenvalue weighted by atomic mass is 10.1. The molecule has 19 heavy (non-hydrogen) atoms. The Bertz CT molecular complexity index is 511. The number of imide groups is 1. The summed E-state index contributed by atoms with van der Waals surface area (Å²) in [6.07, 6.45) is 2.81. The summed E-state index contributed by atoms with van der Waals surface area (Å²) < 4.78 is 0. The lowest BCUT2D eigenvalue weighted by Crippen LogP contribution is -2.38. The Morgan fingerprint density at radius 2 is 1.89 bits per heavy atom. The van der Waals surface area contributed by atoms with E-state index in [0.717, 1.165) is 13.1 Å². The van der Waals surface area contributed by atoms with Crippen LogP contribution in [0.3, 0.4) is 0 Å². The summed E-state index contributed by atoms with van der Waals surface area (Å²) in [5.74, 6) is -0.612. The van der Waals surface area contributed by atoms with E-state index in [1.807, 2.05) is 13.8 Å². The van der Waals surface area contributed by atoms with E-state index in [4.69, 9.17) is 5.73 Å². The summed E-state index contributed by atoms with van der Waals surface area (Å²) in [6, 6.07) is 0. The zero-order chi connectivity index (χ0) is 14.0. The first-order valence-electron chi connectivity index (χ1n) is 6.42. The van der Waals surface area contributed by atoms with Gasteiger partial charge >= 0.3 is 0 Å². The van der Waals surface area contributed by atoms with E-state index < -0.39 is 0 Å². The van der Waals surface area contributed by atoms with Crippen LogP contribution >= 0.6 is 0 Å². The molecule has 6 nitrogen and oxygen atoms in total. The van der Waals surface area contributed by atoms with Crippen molar-refractivity contribution in [3.63, 3.8) is 0 Å². The molecule has 0 saturated heterocycles. The van der Waals surface area contributed by atoms with Gasteiger partial charge in [0, 0.05) is 19.3 Å². The summed E-state index contributed by atoms with van der Waals surface area (Å²) >= 11 is 0. The Morgan fingerprint density at radius 1 is 1.21 bits per heavy atom. The largest absolute Gasteiger partial charge is 0.397 e. The standard InChI is InChI=1S/C13H18N4O2/c1-3-16(4-2)5-6-17-12(18)9-7-15-8-10(14)11(9)13(17)19/h7-8H,3-6,14H2,1-2H3. The van der Waals surface area contributed by atoms with Crippen molar-refractivity contribution < 1.29 is 9.59 Å². The number of hydrogen-bond donors (Lipinski definition) is 1. The van der Waals surface area contributed by atoms with Gasteiger partial charge < -0.3 is 10.6 Å². The second-order valence-electron chi connectivity index (χ2n) is 4.44. The first kappa shape index (κ1) is 13.5.